The van der Waals surface area contributed by atoms with E-state index in [2.05, 4.69) is 14.7 Å². The van der Waals surface area contributed by atoms with Crippen LogP contribution in [0.15, 0.2) is 42.5 Å². The van der Waals surface area contributed by atoms with Crippen LogP contribution in [0.5, 0.6) is 0 Å². The first kappa shape index (κ1) is 29.8. The number of halogens is 2. The number of nitrogens with one attached hydrogen (secondary N) is 1. The molecule has 1 saturated heterocycles. The van der Waals surface area contributed by atoms with Crippen LogP contribution in [0.4, 0.5) is 19.7 Å². The van der Waals surface area contributed by atoms with E-state index in [1.54, 1.807) is 23.9 Å². The van der Waals surface area contributed by atoms with Crippen molar-refractivity contribution in [2.24, 2.45) is 12.8 Å². The first-order chi connectivity index (χ1) is 20.9. The topological polar surface area (TPSA) is 145 Å². The summed E-state index contributed by atoms with van der Waals surface area (Å²) in [5.41, 5.74) is 8.89. The predicted octanol–water partition coefficient (Wildman–Crippen LogP) is 3.93. The Morgan fingerprint density at radius 2 is 1.84 bits per heavy atom. The number of pyridine rings is 1. The zero-order chi connectivity index (χ0) is 31.2. The number of carbonyl (C=O) groups excluding carboxylic acids is 1. The molecule has 11 nitrogen and oxygen atoms in total. The molecule has 230 valence electrons. The minimum Gasteiger partial charge on any atom is -0.378 e. The Morgan fingerprint density at radius 3 is 2.52 bits per heavy atom. The Kier molecular flexibility index (Phi) is 7.94. The third kappa shape index (κ3) is 6.21. The summed E-state index contributed by atoms with van der Waals surface area (Å²) in [6, 6.07) is 10.6. The van der Waals surface area contributed by atoms with Crippen LogP contribution in [0.1, 0.15) is 23.6 Å². The van der Waals surface area contributed by atoms with Gasteiger partial charge in [-0.1, -0.05) is 23.5 Å². The second kappa shape index (κ2) is 11.7. The summed E-state index contributed by atoms with van der Waals surface area (Å²) >= 11 is 1.47. The third-order valence-electron chi connectivity index (χ3n) is 7.36. The van der Waals surface area contributed by atoms with Gasteiger partial charge in [-0.25, -0.2) is 22.2 Å². The number of ether oxygens (including phenoxy) is 1. The zero-order valence-electron chi connectivity index (χ0n) is 23.9. The van der Waals surface area contributed by atoms with Gasteiger partial charge >= 0.3 is 0 Å². The average molecular weight is 642 g/mol. The molecule has 44 heavy (non-hydrogen) atoms. The lowest BCUT2D eigenvalue weighted by Gasteiger charge is -2.25. The molecule has 0 saturated carbocycles. The number of para-hydroxylation sites is 1. The molecule has 0 radical (unpaired) electrons. The Morgan fingerprint density at radius 1 is 1.11 bits per heavy atom. The third-order valence-corrected chi connectivity index (χ3v) is 8.97. The Bertz CT molecular complexity index is 1990. The number of morpholine rings is 1. The minimum atomic E-state index is -3.62. The number of carbonyl (C=O) groups is 1. The highest BCUT2D eigenvalue weighted by molar-refractivity contribution is 7.92. The van der Waals surface area contributed by atoms with Crippen molar-refractivity contribution in [2.45, 2.75) is 18.8 Å². The standard InChI is InChI=1S/C29H29F2N7O4S2/c1-37-26-20(4-3-5-21(26)27(35-37)36-44(2,40)41)22-15-23-28(34-29(43-23)38-6-8-42-9-7-38)33-25(22)17(13-24(32)39)10-16-11-18(30)14-19(31)12-16/h3-5,11-12,14-15,17H,6-10,13H2,1-2H3,(H2,32,39)(H,35,36)/t17-/m0/s1. The quantitative estimate of drug-likeness (QED) is 0.246. The molecule has 1 aliphatic rings. The van der Waals surface area contributed by atoms with E-state index >= 15 is 0 Å². The number of nitrogens with two attached hydrogens (primary N) is 1. The lowest BCUT2D eigenvalue weighted by atomic mass is 9.87. The molecule has 0 aliphatic carbocycles. The molecule has 1 aliphatic heterocycles. The zero-order valence-corrected chi connectivity index (χ0v) is 25.5. The highest BCUT2D eigenvalue weighted by atomic mass is 32.2. The average Bonchev–Trinajstić information content (AvgIpc) is 3.51. The van der Waals surface area contributed by atoms with E-state index in [0.717, 1.165) is 22.2 Å². The summed E-state index contributed by atoms with van der Waals surface area (Å²) in [4.78, 5) is 24.3. The van der Waals surface area contributed by atoms with Crippen molar-refractivity contribution in [1.29, 1.82) is 0 Å². The number of aromatic nitrogens is 4. The molecule has 0 bridgehead atoms. The molecular formula is C29H29F2N7O4S2. The highest BCUT2D eigenvalue weighted by Crippen LogP contribution is 2.41. The fourth-order valence-corrected chi connectivity index (χ4v) is 7.11. The van der Waals surface area contributed by atoms with Gasteiger partial charge in [0.25, 0.3) is 0 Å². The van der Waals surface area contributed by atoms with Crippen molar-refractivity contribution in [3.63, 3.8) is 0 Å². The number of aryl methyl sites for hydroxylation is 1. The second-order valence-corrected chi connectivity index (χ2v) is 13.5. The van der Waals surface area contributed by atoms with Gasteiger partial charge in [-0.15, -0.1) is 0 Å². The van der Waals surface area contributed by atoms with Gasteiger partial charge < -0.3 is 15.4 Å². The van der Waals surface area contributed by atoms with Crippen LogP contribution in [0.25, 0.3) is 32.4 Å². The highest BCUT2D eigenvalue weighted by Gasteiger charge is 2.27. The molecule has 0 spiro atoms. The molecule has 3 N–H and O–H groups in total. The van der Waals surface area contributed by atoms with Gasteiger partial charge in [-0.3, -0.25) is 14.2 Å². The molecule has 3 aromatic heterocycles. The maximum atomic E-state index is 14.2. The minimum absolute atomic E-state index is 0.0752. The molecule has 15 heteroatoms. The lowest BCUT2D eigenvalue weighted by Crippen LogP contribution is -2.36. The van der Waals surface area contributed by atoms with Gasteiger partial charge in [-0.05, 0) is 36.2 Å². The van der Waals surface area contributed by atoms with Gasteiger partial charge in [0.05, 0.1) is 35.4 Å². The van der Waals surface area contributed by atoms with Crippen LogP contribution < -0.4 is 15.4 Å². The summed E-state index contributed by atoms with van der Waals surface area (Å²) in [7, 11) is -1.92. The summed E-state index contributed by atoms with van der Waals surface area (Å²) in [5, 5.41) is 5.75. The van der Waals surface area contributed by atoms with Crippen LogP contribution in [0.2, 0.25) is 0 Å². The molecule has 5 aromatic rings. The smallest absolute Gasteiger partial charge is 0.231 e. The monoisotopic (exact) mass is 641 g/mol. The van der Waals surface area contributed by atoms with Gasteiger partial charge in [0.2, 0.25) is 15.9 Å². The molecule has 6 rings (SSSR count). The number of nitrogens with zero attached hydrogens (tertiary/aromatic N) is 5. The Labute approximate surface area is 255 Å². The van der Waals surface area contributed by atoms with Crippen molar-refractivity contribution < 1.29 is 26.7 Å². The number of benzene rings is 2. The molecule has 1 atom stereocenters. The number of hydrogen-bond acceptors (Lipinski definition) is 9. The van der Waals surface area contributed by atoms with Gasteiger partial charge in [-0.2, -0.15) is 10.1 Å². The van der Waals surface area contributed by atoms with Crippen molar-refractivity contribution in [2.75, 3.05) is 42.2 Å². The van der Waals surface area contributed by atoms with Crippen molar-refractivity contribution >= 4 is 59.5 Å². The van der Waals surface area contributed by atoms with Gasteiger partial charge in [0.15, 0.2) is 16.6 Å². The molecule has 0 unspecified atom stereocenters. The first-order valence-corrected chi connectivity index (χ1v) is 16.5. The molecular weight excluding hydrogens is 612 g/mol. The van der Waals surface area contributed by atoms with E-state index in [1.165, 1.54) is 23.5 Å². The van der Waals surface area contributed by atoms with Crippen LogP contribution >= 0.6 is 11.3 Å². The SMILES string of the molecule is Cn1nc(NS(C)(=O)=O)c2cccc(-c3cc4sc(N5CCOCC5)nc4nc3[C@H](CC(N)=O)Cc3cc(F)cc(F)c3)c21. The van der Waals surface area contributed by atoms with E-state index in [1.807, 2.05) is 12.1 Å². The molecule has 2 aromatic carbocycles. The Hall–Kier alpha value is -4.21. The number of anilines is 2. The fourth-order valence-electron chi connectivity index (χ4n) is 5.61. The van der Waals surface area contributed by atoms with E-state index in [-0.39, 0.29) is 18.7 Å². The maximum absolute atomic E-state index is 14.2. The number of hydrogen-bond donors (Lipinski definition) is 2. The van der Waals surface area contributed by atoms with Gasteiger partial charge in [0, 0.05) is 55.1 Å². The summed E-state index contributed by atoms with van der Waals surface area (Å²) in [5.74, 6) is -2.58. The van der Waals surface area contributed by atoms with Crippen LogP contribution in [0, 0.1) is 11.6 Å². The summed E-state index contributed by atoms with van der Waals surface area (Å²) < 4.78 is 62.8. The number of amides is 1. The largest absolute Gasteiger partial charge is 0.378 e. The van der Waals surface area contributed by atoms with E-state index in [9.17, 15) is 22.0 Å². The Balaban J connectivity index is 1.57. The maximum Gasteiger partial charge on any atom is 0.231 e. The van der Waals surface area contributed by atoms with E-state index < -0.39 is 33.5 Å². The molecule has 1 fully saturated rings. The first-order valence-electron chi connectivity index (χ1n) is 13.8. The number of fused-ring (bicyclic) bond motifs is 2. The van der Waals surface area contributed by atoms with Crippen molar-refractivity contribution in [3.05, 3.63) is 65.4 Å². The van der Waals surface area contributed by atoms with Crippen LogP contribution in [-0.2, 0) is 33.0 Å². The number of sulfonamides is 1. The number of primary amides is 1. The van der Waals surface area contributed by atoms with E-state index in [0.29, 0.717) is 65.2 Å². The predicted molar refractivity (Wildman–Crippen MR) is 165 cm³/mol. The van der Waals surface area contributed by atoms with Crippen molar-refractivity contribution in [1.82, 2.24) is 19.7 Å². The van der Waals surface area contributed by atoms with Crippen LogP contribution in [-0.4, -0.2) is 66.6 Å². The second-order valence-electron chi connectivity index (χ2n) is 10.7. The molecule has 1 amide bonds. The van der Waals surface area contributed by atoms with E-state index in [4.69, 9.17) is 20.4 Å². The summed E-state index contributed by atoms with van der Waals surface area (Å²) in [6.45, 7) is 2.52. The van der Waals surface area contributed by atoms with Crippen LogP contribution in [0.3, 0.4) is 0 Å². The van der Waals surface area contributed by atoms with Crippen molar-refractivity contribution in [3.8, 4) is 11.1 Å². The normalized spacial score (nSPS) is 14.8. The summed E-state index contributed by atoms with van der Waals surface area (Å²) in [6.07, 6.45) is 0.977. The molecule has 4 heterocycles. The van der Waals surface area contributed by atoms with Gasteiger partial charge in [0.1, 0.15) is 11.6 Å². The fraction of sp³-hybridized carbons (Fsp3) is 0.310. The number of rotatable bonds is 9. The number of thiazole rings is 1. The lowest BCUT2D eigenvalue weighted by molar-refractivity contribution is -0.118.